The smallest absolute Gasteiger partial charge is 0.375 e. The van der Waals surface area contributed by atoms with Crippen LogP contribution in [-0.4, -0.2) is 18.0 Å². The highest BCUT2D eigenvalue weighted by atomic mass is 16.6. The minimum atomic E-state index is -0.943. The van der Waals surface area contributed by atoms with Crippen molar-refractivity contribution in [1.82, 2.24) is 0 Å². The van der Waals surface area contributed by atoms with Gasteiger partial charge in [-0.3, -0.25) is 4.79 Å². The van der Waals surface area contributed by atoms with Crippen molar-refractivity contribution >= 4 is 28.5 Å². The predicted octanol–water partition coefficient (Wildman–Crippen LogP) is 4.23. The van der Waals surface area contributed by atoms with E-state index in [1.807, 2.05) is 37.3 Å². The lowest BCUT2D eigenvalue weighted by atomic mass is 10.1. The zero-order valence-corrected chi connectivity index (χ0v) is 14.3. The van der Waals surface area contributed by atoms with Crippen molar-refractivity contribution in [3.63, 3.8) is 0 Å². The number of aryl methyl sites for hydroxylation is 2. The number of furan rings is 1. The van der Waals surface area contributed by atoms with Gasteiger partial charge in [0.05, 0.1) is 0 Å². The lowest BCUT2D eigenvalue weighted by molar-refractivity contribution is -0.123. The Balaban J connectivity index is 1.69. The summed E-state index contributed by atoms with van der Waals surface area (Å²) in [7, 11) is 0. The number of carbonyl (C=O) groups excluding carboxylic acids is 2. The van der Waals surface area contributed by atoms with E-state index < -0.39 is 18.0 Å². The molecule has 0 aliphatic carbocycles. The number of ether oxygens (including phenoxy) is 1. The molecule has 0 aliphatic heterocycles. The molecule has 3 rings (SSSR count). The molecule has 1 aromatic heterocycles. The number of hydrogen-bond donors (Lipinski definition) is 1. The largest absolute Gasteiger partial charge is 0.449 e. The second-order valence-electron chi connectivity index (χ2n) is 5.96. The van der Waals surface area contributed by atoms with Gasteiger partial charge in [0, 0.05) is 16.6 Å². The van der Waals surface area contributed by atoms with Gasteiger partial charge in [0.1, 0.15) is 5.58 Å². The molecule has 0 aliphatic rings. The lowest BCUT2D eigenvalue weighted by Crippen LogP contribution is -2.30. The number of carbonyl (C=O) groups is 2. The molecule has 2 aromatic carbocycles. The second-order valence-corrected chi connectivity index (χ2v) is 5.96. The van der Waals surface area contributed by atoms with Gasteiger partial charge in [0.15, 0.2) is 6.10 Å². The molecule has 0 spiro atoms. The normalized spacial score (nSPS) is 12.0. The Bertz CT molecular complexity index is 925. The molecule has 0 unspecified atom stereocenters. The molecule has 5 nitrogen and oxygen atoms in total. The summed E-state index contributed by atoms with van der Waals surface area (Å²) in [6.45, 7) is 5.28. The Morgan fingerprint density at radius 1 is 1.04 bits per heavy atom. The molecule has 3 aromatic rings. The molecule has 0 fully saturated rings. The van der Waals surface area contributed by atoms with E-state index >= 15 is 0 Å². The first-order chi connectivity index (χ1) is 12.0. The SMILES string of the molecule is Cc1ccc(NC(=O)[C@H](C)OC(=O)c2oc3ccccc3c2C)cc1. The van der Waals surface area contributed by atoms with Crippen molar-refractivity contribution in [3.8, 4) is 0 Å². The van der Waals surface area contributed by atoms with Crippen molar-refractivity contribution in [2.75, 3.05) is 5.32 Å². The number of para-hydroxylation sites is 1. The van der Waals surface area contributed by atoms with Crippen LogP contribution in [-0.2, 0) is 9.53 Å². The van der Waals surface area contributed by atoms with Gasteiger partial charge >= 0.3 is 5.97 Å². The van der Waals surface area contributed by atoms with Crippen molar-refractivity contribution in [2.24, 2.45) is 0 Å². The maximum absolute atomic E-state index is 12.4. The maximum atomic E-state index is 12.4. The van der Waals surface area contributed by atoms with Crippen LogP contribution >= 0.6 is 0 Å². The maximum Gasteiger partial charge on any atom is 0.375 e. The van der Waals surface area contributed by atoms with E-state index in [-0.39, 0.29) is 5.76 Å². The van der Waals surface area contributed by atoms with Crippen molar-refractivity contribution in [3.05, 3.63) is 65.4 Å². The number of nitrogens with one attached hydrogen (secondary N) is 1. The third-order valence-corrected chi connectivity index (χ3v) is 4.00. The summed E-state index contributed by atoms with van der Waals surface area (Å²) in [6, 6.07) is 14.7. The zero-order valence-electron chi connectivity index (χ0n) is 14.3. The van der Waals surface area contributed by atoms with Crippen molar-refractivity contribution in [2.45, 2.75) is 26.9 Å². The summed E-state index contributed by atoms with van der Waals surface area (Å²) in [5.41, 5.74) is 3.06. The molecule has 0 radical (unpaired) electrons. The van der Waals surface area contributed by atoms with Crippen LogP contribution in [0.25, 0.3) is 11.0 Å². The van der Waals surface area contributed by atoms with Crippen LogP contribution < -0.4 is 5.32 Å². The zero-order chi connectivity index (χ0) is 18.0. The van der Waals surface area contributed by atoms with E-state index in [2.05, 4.69) is 5.32 Å². The number of rotatable bonds is 4. The minimum absolute atomic E-state index is 0.121. The summed E-state index contributed by atoms with van der Waals surface area (Å²) in [4.78, 5) is 24.6. The molecule has 1 atom stereocenters. The number of amides is 1. The van der Waals surface area contributed by atoms with Crippen LogP contribution in [0.3, 0.4) is 0 Å². The topological polar surface area (TPSA) is 68.5 Å². The van der Waals surface area contributed by atoms with Gasteiger partial charge in [-0.05, 0) is 39.0 Å². The number of benzene rings is 2. The average Bonchev–Trinajstić information content (AvgIpc) is 2.94. The summed E-state index contributed by atoms with van der Waals surface area (Å²) in [5.74, 6) is -0.928. The van der Waals surface area contributed by atoms with Gasteiger partial charge in [0.2, 0.25) is 5.76 Å². The van der Waals surface area contributed by atoms with Crippen LogP contribution in [0.2, 0.25) is 0 Å². The van der Waals surface area contributed by atoms with Crippen LogP contribution in [0, 0.1) is 13.8 Å². The Morgan fingerprint density at radius 3 is 2.40 bits per heavy atom. The van der Waals surface area contributed by atoms with Crippen LogP contribution in [0.4, 0.5) is 5.69 Å². The van der Waals surface area contributed by atoms with E-state index in [9.17, 15) is 9.59 Å². The Morgan fingerprint density at radius 2 is 1.72 bits per heavy atom. The summed E-state index contributed by atoms with van der Waals surface area (Å²) in [5, 5.41) is 3.57. The number of anilines is 1. The summed E-state index contributed by atoms with van der Waals surface area (Å²) >= 11 is 0. The molecule has 0 saturated carbocycles. The average molecular weight is 337 g/mol. The Kier molecular flexibility index (Phi) is 4.57. The fourth-order valence-electron chi connectivity index (χ4n) is 2.52. The van der Waals surface area contributed by atoms with Gasteiger partial charge in [-0.2, -0.15) is 0 Å². The molecule has 128 valence electrons. The van der Waals surface area contributed by atoms with E-state index in [1.165, 1.54) is 6.92 Å². The van der Waals surface area contributed by atoms with Gasteiger partial charge in [0.25, 0.3) is 5.91 Å². The van der Waals surface area contributed by atoms with Crippen LogP contribution in [0.1, 0.15) is 28.6 Å². The monoisotopic (exact) mass is 337 g/mol. The Hall–Kier alpha value is -3.08. The number of esters is 1. The Labute approximate surface area is 145 Å². The van der Waals surface area contributed by atoms with E-state index in [0.29, 0.717) is 16.8 Å². The first-order valence-electron chi connectivity index (χ1n) is 8.02. The molecule has 25 heavy (non-hydrogen) atoms. The standard InChI is InChI=1S/C20H19NO4/c1-12-8-10-15(11-9-12)21-19(22)14(3)24-20(23)18-13(2)16-6-4-5-7-17(16)25-18/h4-11,14H,1-3H3,(H,21,22)/t14-/m0/s1. The fourth-order valence-corrected chi connectivity index (χ4v) is 2.52. The number of hydrogen-bond acceptors (Lipinski definition) is 4. The van der Waals surface area contributed by atoms with Crippen molar-refractivity contribution in [1.29, 1.82) is 0 Å². The molecule has 1 amide bonds. The van der Waals surface area contributed by atoms with Gasteiger partial charge in [-0.15, -0.1) is 0 Å². The van der Waals surface area contributed by atoms with E-state index in [4.69, 9.17) is 9.15 Å². The molecular formula is C20H19NO4. The molecule has 1 heterocycles. The first kappa shape index (κ1) is 16.8. The highest BCUT2D eigenvalue weighted by Crippen LogP contribution is 2.25. The lowest BCUT2D eigenvalue weighted by Gasteiger charge is -2.13. The molecular weight excluding hydrogens is 318 g/mol. The van der Waals surface area contributed by atoms with Gasteiger partial charge < -0.3 is 14.5 Å². The second kappa shape index (κ2) is 6.81. The third-order valence-electron chi connectivity index (χ3n) is 4.00. The number of fused-ring (bicyclic) bond motifs is 1. The van der Waals surface area contributed by atoms with Crippen LogP contribution in [0.15, 0.2) is 52.9 Å². The molecule has 0 saturated heterocycles. The fraction of sp³-hybridized carbons (Fsp3) is 0.200. The first-order valence-corrected chi connectivity index (χ1v) is 8.02. The van der Waals surface area contributed by atoms with Crippen molar-refractivity contribution < 1.29 is 18.7 Å². The molecule has 1 N–H and O–H groups in total. The highest BCUT2D eigenvalue weighted by Gasteiger charge is 2.24. The molecule has 5 heteroatoms. The summed E-state index contributed by atoms with van der Waals surface area (Å²) in [6.07, 6.45) is -0.943. The molecule has 0 bridgehead atoms. The quantitative estimate of drug-likeness (QED) is 0.723. The van der Waals surface area contributed by atoms with Gasteiger partial charge in [-0.1, -0.05) is 35.9 Å². The third kappa shape index (κ3) is 3.55. The summed E-state index contributed by atoms with van der Waals surface area (Å²) < 4.78 is 10.8. The van der Waals surface area contributed by atoms with E-state index in [0.717, 1.165) is 10.9 Å². The highest BCUT2D eigenvalue weighted by molar-refractivity contribution is 5.99. The van der Waals surface area contributed by atoms with E-state index in [1.54, 1.807) is 25.1 Å². The van der Waals surface area contributed by atoms with Crippen LogP contribution in [0.5, 0.6) is 0 Å². The predicted molar refractivity (Wildman–Crippen MR) is 95.6 cm³/mol. The van der Waals surface area contributed by atoms with Gasteiger partial charge in [-0.25, -0.2) is 4.79 Å². The minimum Gasteiger partial charge on any atom is -0.449 e.